The molecular formula is C18H24BrF2N. The first-order chi connectivity index (χ1) is 10.3. The third-order valence-corrected chi connectivity index (χ3v) is 4.28. The molecule has 122 valence electrons. The molecule has 0 saturated carbocycles. The van der Waals surface area contributed by atoms with E-state index >= 15 is 0 Å². The molecule has 0 bridgehead atoms. The Hall–Kier alpha value is -1.16. The van der Waals surface area contributed by atoms with Crippen LogP contribution < -0.4 is 0 Å². The summed E-state index contributed by atoms with van der Waals surface area (Å²) in [5.41, 5.74) is 1.99. The summed E-state index contributed by atoms with van der Waals surface area (Å²) in [5, 5.41) is 0.658. The molecule has 1 nitrogen and oxygen atoms in total. The van der Waals surface area contributed by atoms with Gasteiger partial charge in [0.15, 0.2) is 0 Å². The maximum atomic E-state index is 13.8. The molecule has 1 aromatic rings. The summed E-state index contributed by atoms with van der Waals surface area (Å²) in [6.45, 7) is 11.8. The van der Waals surface area contributed by atoms with Crippen molar-refractivity contribution in [2.45, 2.75) is 40.0 Å². The molecule has 0 radical (unpaired) electrons. The van der Waals surface area contributed by atoms with Crippen molar-refractivity contribution >= 4 is 15.9 Å². The maximum Gasteiger partial charge on any atom is 0.124 e. The third-order valence-electron chi connectivity index (χ3n) is 3.82. The van der Waals surface area contributed by atoms with Crippen molar-refractivity contribution in [3.05, 3.63) is 58.0 Å². The molecule has 0 fully saturated rings. The Morgan fingerprint density at radius 3 is 2.36 bits per heavy atom. The van der Waals surface area contributed by atoms with Gasteiger partial charge in [0.1, 0.15) is 5.82 Å². The average molecular weight is 372 g/mol. The van der Waals surface area contributed by atoms with Gasteiger partial charge in [-0.3, -0.25) is 0 Å². The molecule has 1 aliphatic rings. The first kappa shape index (κ1) is 18.9. The van der Waals surface area contributed by atoms with Crippen LogP contribution in [-0.2, 0) is 0 Å². The third kappa shape index (κ3) is 3.78. The van der Waals surface area contributed by atoms with E-state index in [0.29, 0.717) is 15.3 Å². The Morgan fingerprint density at radius 1 is 1.32 bits per heavy atom. The summed E-state index contributed by atoms with van der Waals surface area (Å²) < 4.78 is 28.1. The predicted molar refractivity (Wildman–Crippen MR) is 92.7 cm³/mol. The number of hydrogen-bond acceptors (Lipinski definition) is 1. The molecule has 2 rings (SSSR count). The van der Waals surface area contributed by atoms with Crippen LogP contribution in [0.4, 0.5) is 8.87 Å². The zero-order valence-electron chi connectivity index (χ0n) is 13.9. The highest BCUT2D eigenvalue weighted by Crippen LogP contribution is 2.51. The SMILES string of the molecule is C=CC1=C(N(C)F)C(C)(C)CC1c1cc(F)cc(Br)c1.CC. The fourth-order valence-electron chi connectivity index (χ4n) is 3.18. The highest BCUT2D eigenvalue weighted by atomic mass is 79.9. The molecule has 0 heterocycles. The van der Waals surface area contributed by atoms with Crippen molar-refractivity contribution in [3.8, 4) is 0 Å². The van der Waals surface area contributed by atoms with Crippen molar-refractivity contribution < 1.29 is 8.87 Å². The smallest absolute Gasteiger partial charge is 0.124 e. The van der Waals surface area contributed by atoms with Crippen LogP contribution in [0.25, 0.3) is 0 Å². The Labute approximate surface area is 140 Å². The highest BCUT2D eigenvalue weighted by Gasteiger charge is 2.41. The monoisotopic (exact) mass is 371 g/mol. The molecule has 1 aromatic carbocycles. The van der Waals surface area contributed by atoms with Crippen LogP contribution in [0.2, 0.25) is 0 Å². The standard InChI is InChI=1S/C16H18BrF2N.C2H6/c1-5-13-14(9-16(2,3)15(13)20(4)19)10-6-11(17)8-12(18)7-10;1-2/h5-8,14H,1,9H2,2-4H3;1-2H3. The van der Waals surface area contributed by atoms with E-state index in [1.165, 1.54) is 19.2 Å². The van der Waals surface area contributed by atoms with Gasteiger partial charge in [-0.2, -0.15) is 0 Å². The highest BCUT2D eigenvalue weighted by molar-refractivity contribution is 9.10. The van der Waals surface area contributed by atoms with Gasteiger partial charge in [-0.05, 0) is 35.8 Å². The van der Waals surface area contributed by atoms with E-state index in [2.05, 4.69) is 22.5 Å². The van der Waals surface area contributed by atoms with Crippen LogP contribution in [0.3, 0.4) is 0 Å². The lowest BCUT2D eigenvalue weighted by Gasteiger charge is -2.25. The summed E-state index contributed by atoms with van der Waals surface area (Å²) >= 11 is 3.31. The van der Waals surface area contributed by atoms with Crippen molar-refractivity contribution in [3.63, 3.8) is 0 Å². The van der Waals surface area contributed by atoms with Crippen molar-refractivity contribution in [1.29, 1.82) is 0 Å². The number of rotatable bonds is 3. The molecule has 0 aromatic heterocycles. The summed E-state index contributed by atoms with van der Waals surface area (Å²) in [7, 11) is 1.39. The second-order valence-electron chi connectivity index (χ2n) is 5.83. The maximum absolute atomic E-state index is 13.8. The van der Waals surface area contributed by atoms with E-state index < -0.39 is 0 Å². The van der Waals surface area contributed by atoms with E-state index in [0.717, 1.165) is 17.6 Å². The zero-order valence-corrected chi connectivity index (χ0v) is 15.5. The lowest BCUT2D eigenvalue weighted by molar-refractivity contribution is 0.0764. The zero-order chi connectivity index (χ0) is 17.1. The molecule has 0 aliphatic heterocycles. The largest absolute Gasteiger partial charge is 0.218 e. The van der Waals surface area contributed by atoms with Crippen LogP contribution in [-0.4, -0.2) is 12.2 Å². The van der Waals surface area contributed by atoms with Crippen LogP contribution >= 0.6 is 15.9 Å². The predicted octanol–water partition coefficient (Wildman–Crippen LogP) is 6.38. The van der Waals surface area contributed by atoms with Gasteiger partial charge in [0.25, 0.3) is 0 Å². The second-order valence-corrected chi connectivity index (χ2v) is 6.74. The molecule has 0 saturated heterocycles. The Bertz CT molecular complexity index is 556. The van der Waals surface area contributed by atoms with Crippen molar-refractivity contribution in [2.24, 2.45) is 5.41 Å². The normalized spacial score (nSPS) is 19.5. The van der Waals surface area contributed by atoms with Gasteiger partial charge in [-0.25, -0.2) is 9.51 Å². The average Bonchev–Trinajstić information content (AvgIpc) is 2.71. The summed E-state index contributed by atoms with van der Waals surface area (Å²) in [6.07, 6.45) is 2.41. The molecule has 0 N–H and O–H groups in total. The van der Waals surface area contributed by atoms with Gasteiger partial charge in [0, 0.05) is 22.9 Å². The molecule has 0 amide bonds. The quantitative estimate of drug-likeness (QED) is 0.556. The fourth-order valence-corrected chi connectivity index (χ4v) is 3.66. The van der Waals surface area contributed by atoms with E-state index in [9.17, 15) is 8.87 Å². The Kier molecular flexibility index (Phi) is 6.36. The van der Waals surface area contributed by atoms with Gasteiger partial charge in [0.05, 0.1) is 5.70 Å². The van der Waals surface area contributed by atoms with Gasteiger partial charge in [0.2, 0.25) is 0 Å². The van der Waals surface area contributed by atoms with Crippen molar-refractivity contribution in [1.82, 2.24) is 5.12 Å². The number of halogens is 3. The summed E-state index contributed by atoms with van der Waals surface area (Å²) in [4.78, 5) is 0. The first-order valence-electron chi connectivity index (χ1n) is 7.49. The van der Waals surface area contributed by atoms with E-state index in [1.807, 2.05) is 33.8 Å². The number of nitrogens with zero attached hydrogens (tertiary/aromatic N) is 1. The molecule has 0 spiro atoms. The minimum atomic E-state index is -0.309. The molecule has 22 heavy (non-hydrogen) atoms. The lowest BCUT2D eigenvalue weighted by Crippen LogP contribution is -2.20. The Balaban J connectivity index is 0.00000116. The number of benzene rings is 1. The van der Waals surface area contributed by atoms with Gasteiger partial charge in [-0.15, -0.1) is 4.48 Å². The fraction of sp³-hybridized carbons (Fsp3) is 0.444. The van der Waals surface area contributed by atoms with E-state index in [4.69, 9.17) is 0 Å². The molecule has 1 atom stereocenters. The van der Waals surface area contributed by atoms with E-state index in [-0.39, 0.29) is 17.2 Å². The Morgan fingerprint density at radius 2 is 1.91 bits per heavy atom. The van der Waals surface area contributed by atoms with Gasteiger partial charge >= 0.3 is 0 Å². The lowest BCUT2D eigenvalue weighted by atomic mass is 9.85. The molecule has 1 unspecified atom stereocenters. The topological polar surface area (TPSA) is 3.24 Å². The van der Waals surface area contributed by atoms with Crippen molar-refractivity contribution in [2.75, 3.05) is 7.05 Å². The first-order valence-corrected chi connectivity index (χ1v) is 8.28. The molecular weight excluding hydrogens is 348 g/mol. The van der Waals surface area contributed by atoms with E-state index in [1.54, 1.807) is 6.08 Å². The second kappa shape index (κ2) is 7.40. The van der Waals surface area contributed by atoms with Crippen LogP contribution in [0.15, 0.2) is 46.6 Å². The number of hydrogen-bond donors (Lipinski definition) is 0. The summed E-state index contributed by atoms with van der Waals surface area (Å²) in [5.74, 6) is -0.333. The van der Waals surface area contributed by atoms with Crippen LogP contribution in [0, 0.1) is 11.2 Å². The molecule has 4 heteroatoms. The molecule has 1 aliphatic carbocycles. The van der Waals surface area contributed by atoms with Gasteiger partial charge in [-0.1, -0.05) is 56.3 Å². The minimum Gasteiger partial charge on any atom is -0.218 e. The minimum absolute atomic E-state index is 0.0392. The van der Waals surface area contributed by atoms with Crippen LogP contribution in [0.1, 0.15) is 45.6 Å². The van der Waals surface area contributed by atoms with Gasteiger partial charge < -0.3 is 0 Å². The van der Waals surface area contributed by atoms with Crippen LogP contribution in [0.5, 0.6) is 0 Å². The number of allylic oxidation sites excluding steroid dienone is 3. The summed E-state index contributed by atoms with van der Waals surface area (Å²) in [6, 6.07) is 4.81.